The first-order valence-electron chi connectivity index (χ1n) is 6.83. The molecule has 2 N–H and O–H groups in total. The summed E-state index contributed by atoms with van der Waals surface area (Å²) in [6.45, 7) is -0.240. The fraction of sp³-hybridized carbons (Fsp3) is 0.250. The van der Waals surface area contributed by atoms with E-state index in [1.54, 1.807) is 12.1 Å². The van der Waals surface area contributed by atoms with Gasteiger partial charge in [0.25, 0.3) is 11.8 Å². The molecule has 116 valence electrons. The first-order chi connectivity index (χ1) is 10.6. The lowest BCUT2D eigenvalue weighted by Crippen LogP contribution is -2.26. The normalized spacial score (nSPS) is 10.1. The van der Waals surface area contributed by atoms with E-state index < -0.39 is 0 Å². The first kappa shape index (κ1) is 15.6. The van der Waals surface area contributed by atoms with Gasteiger partial charge in [0.05, 0.1) is 0 Å². The van der Waals surface area contributed by atoms with Gasteiger partial charge in [0.15, 0.2) is 24.7 Å². The lowest BCUT2D eigenvalue weighted by atomic mass is 10.1. The van der Waals surface area contributed by atoms with Crippen molar-refractivity contribution in [1.29, 1.82) is 0 Å². The standard InChI is InChI=1S/C16H18N2O4/c1-17-15(19)9-21-13-7-11-5-3-4-6-12(11)8-14(13)22-10-16(20)18-2/h3-8H,9-10H2,1-2H3,(H,17,19)(H,18,20). The van der Waals surface area contributed by atoms with E-state index in [4.69, 9.17) is 9.47 Å². The van der Waals surface area contributed by atoms with E-state index in [2.05, 4.69) is 10.6 Å². The van der Waals surface area contributed by atoms with Gasteiger partial charge in [-0.25, -0.2) is 0 Å². The number of carbonyl (C=O) groups excluding carboxylic acids is 2. The zero-order valence-electron chi connectivity index (χ0n) is 12.5. The smallest absolute Gasteiger partial charge is 0.257 e. The Kier molecular flexibility index (Phi) is 5.19. The van der Waals surface area contributed by atoms with Gasteiger partial charge in [0.1, 0.15) is 0 Å². The van der Waals surface area contributed by atoms with Gasteiger partial charge in [-0.05, 0) is 22.9 Å². The number of hydrogen-bond acceptors (Lipinski definition) is 4. The van der Waals surface area contributed by atoms with Gasteiger partial charge in [0, 0.05) is 14.1 Å². The van der Waals surface area contributed by atoms with Gasteiger partial charge in [-0.2, -0.15) is 0 Å². The molecule has 0 radical (unpaired) electrons. The van der Waals surface area contributed by atoms with E-state index in [0.717, 1.165) is 10.8 Å². The van der Waals surface area contributed by atoms with E-state index in [1.165, 1.54) is 14.1 Å². The van der Waals surface area contributed by atoms with Crippen molar-refractivity contribution < 1.29 is 19.1 Å². The van der Waals surface area contributed by atoms with Gasteiger partial charge in [-0.1, -0.05) is 24.3 Å². The number of rotatable bonds is 6. The number of likely N-dealkylation sites (N-methyl/N-ethyl adjacent to an activating group) is 2. The molecule has 0 aliphatic rings. The second-order valence-electron chi connectivity index (χ2n) is 4.57. The maximum absolute atomic E-state index is 11.3. The lowest BCUT2D eigenvalue weighted by Gasteiger charge is -2.13. The summed E-state index contributed by atoms with van der Waals surface area (Å²) in [5.41, 5.74) is 0. The maximum atomic E-state index is 11.3. The van der Waals surface area contributed by atoms with Crippen molar-refractivity contribution in [2.75, 3.05) is 27.3 Å². The summed E-state index contributed by atoms with van der Waals surface area (Å²) in [5, 5.41) is 6.88. The van der Waals surface area contributed by atoms with Crippen LogP contribution in [0.2, 0.25) is 0 Å². The summed E-state index contributed by atoms with van der Waals surface area (Å²) in [6, 6.07) is 11.3. The van der Waals surface area contributed by atoms with E-state index in [9.17, 15) is 9.59 Å². The lowest BCUT2D eigenvalue weighted by molar-refractivity contribution is -0.123. The Bertz CT molecular complexity index is 626. The Balaban J connectivity index is 2.27. The molecule has 6 nitrogen and oxygen atoms in total. The molecule has 0 aromatic heterocycles. The monoisotopic (exact) mass is 302 g/mol. The summed E-state index contributed by atoms with van der Waals surface area (Å²) in [6.07, 6.45) is 0. The second kappa shape index (κ2) is 7.31. The molecule has 0 bridgehead atoms. The van der Waals surface area contributed by atoms with Gasteiger partial charge in [-0.3, -0.25) is 9.59 Å². The minimum absolute atomic E-state index is 0.120. The molecule has 0 unspecified atom stereocenters. The van der Waals surface area contributed by atoms with Gasteiger partial charge >= 0.3 is 0 Å². The van der Waals surface area contributed by atoms with Crippen molar-refractivity contribution in [1.82, 2.24) is 10.6 Å². The van der Waals surface area contributed by atoms with Crippen LogP contribution < -0.4 is 20.1 Å². The summed E-state index contributed by atoms with van der Waals surface area (Å²) < 4.78 is 11.0. The number of carbonyl (C=O) groups is 2. The number of ether oxygens (including phenoxy) is 2. The predicted octanol–water partition coefficient (Wildman–Crippen LogP) is 1.09. The summed E-state index contributed by atoms with van der Waals surface area (Å²) in [4.78, 5) is 22.7. The molecule has 0 saturated heterocycles. The fourth-order valence-electron chi connectivity index (χ4n) is 1.86. The van der Waals surface area contributed by atoms with E-state index >= 15 is 0 Å². The van der Waals surface area contributed by atoms with Crippen molar-refractivity contribution >= 4 is 22.6 Å². The molecule has 0 heterocycles. The van der Waals surface area contributed by atoms with Crippen LogP contribution in [0.25, 0.3) is 10.8 Å². The summed E-state index contributed by atoms with van der Waals surface area (Å²) >= 11 is 0. The van der Waals surface area contributed by atoms with Gasteiger partial charge < -0.3 is 20.1 Å². The fourth-order valence-corrected chi connectivity index (χ4v) is 1.86. The third-order valence-corrected chi connectivity index (χ3v) is 3.09. The van der Waals surface area contributed by atoms with Crippen LogP contribution in [0.15, 0.2) is 36.4 Å². The molecule has 2 aromatic rings. The number of fused-ring (bicyclic) bond motifs is 1. The maximum Gasteiger partial charge on any atom is 0.257 e. The zero-order chi connectivity index (χ0) is 15.9. The van der Waals surface area contributed by atoms with E-state index in [1.807, 2.05) is 24.3 Å². The summed E-state index contributed by atoms with van der Waals surface area (Å²) in [7, 11) is 3.07. The zero-order valence-corrected chi connectivity index (χ0v) is 12.5. The first-order valence-corrected chi connectivity index (χ1v) is 6.83. The minimum Gasteiger partial charge on any atom is -0.480 e. The SMILES string of the molecule is CNC(=O)COc1cc2ccccc2cc1OCC(=O)NC. The Labute approximate surface area is 128 Å². The number of benzene rings is 2. The topological polar surface area (TPSA) is 76.7 Å². The number of hydrogen-bond donors (Lipinski definition) is 2. The Morgan fingerprint density at radius 1 is 0.864 bits per heavy atom. The van der Waals surface area contributed by atoms with Crippen LogP contribution in [0.5, 0.6) is 11.5 Å². The molecule has 6 heteroatoms. The molecule has 22 heavy (non-hydrogen) atoms. The van der Waals surface area contributed by atoms with Crippen molar-refractivity contribution in [2.24, 2.45) is 0 Å². The van der Waals surface area contributed by atoms with Crippen molar-refractivity contribution in [3.8, 4) is 11.5 Å². The Morgan fingerprint density at radius 3 is 1.64 bits per heavy atom. The molecule has 0 atom stereocenters. The van der Waals surface area contributed by atoms with Crippen LogP contribution in [0.1, 0.15) is 0 Å². The molecule has 2 rings (SSSR count). The molecule has 0 fully saturated rings. The Morgan fingerprint density at radius 2 is 1.27 bits per heavy atom. The molecule has 2 amide bonds. The quantitative estimate of drug-likeness (QED) is 0.837. The van der Waals surface area contributed by atoms with Crippen LogP contribution in [0.4, 0.5) is 0 Å². The van der Waals surface area contributed by atoms with Crippen molar-refractivity contribution in [3.05, 3.63) is 36.4 Å². The van der Waals surface area contributed by atoms with Crippen molar-refractivity contribution in [2.45, 2.75) is 0 Å². The van der Waals surface area contributed by atoms with Crippen LogP contribution in [0, 0.1) is 0 Å². The molecular formula is C16H18N2O4. The van der Waals surface area contributed by atoms with E-state index in [-0.39, 0.29) is 25.0 Å². The molecule has 0 saturated carbocycles. The molecule has 0 aliphatic carbocycles. The van der Waals surface area contributed by atoms with Crippen molar-refractivity contribution in [3.63, 3.8) is 0 Å². The predicted molar refractivity (Wildman–Crippen MR) is 83.1 cm³/mol. The average molecular weight is 302 g/mol. The highest BCUT2D eigenvalue weighted by Gasteiger charge is 2.11. The molecular weight excluding hydrogens is 284 g/mol. The van der Waals surface area contributed by atoms with Gasteiger partial charge in [0.2, 0.25) is 0 Å². The second-order valence-corrected chi connectivity index (χ2v) is 4.57. The minimum atomic E-state index is -0.245. The molecule has 0 spiro atoms. The number of amides is 2. The van der Waals surface area contributed by atoms with Crippen LogP contribution >= 0.6 is 0 Å². The number of nitrogens with one attached hydrogen (secondary N) is 2. The largest absolute Gasteiger partial charge is 0.480 e. The Hall–Kier alpha value is -2.76. The average Bonchev–Trinajstić information content (AvgIpc) is 2.56. The third-order valence-electron chi connectivity index (χ3n) is 3.09. The van der Waals surface area contributed by atoms with Crippen LogP contribution in [-0.2, 0) is 9.59 Å². The molecule has 2 aromatic carbocycles. The highest BCUT2D eigenvalue weighted by Crippen LogP contribution is 2.32. The van der Waals surface area contributed by atoms with Crippen LogP contribution in [0.3, 0.4) is 0 Å². The summed E-state index contributed by atoms with van der Waals surface area (Å²) in [5.74, 6) is 0.355. The van der Waals surface area contributed by atoms with Crippen LogP contribution in [-0.4, -0.2) is 39.1 Å². The van der Waals surface area contributed by atoms with E-state index in [0.29, 0.717) is 11.5 Å². The third kappa shape index (κ3) is 3.88. The highest BCUT2D eigenvalue weighted by atomic mass is 16.5. The molecule has 0 aliphatic heterocycles. The highest BCUT2D eigenvalue weighted by molar-refractivity contribution is 5.86. The van der Waals surface area contributed by atoms with Gasteiger partial charge in [-0.15, -0.1) is 0 Å².